The predicted octanol–water partition coefficient (Wildman–Crippen LogP) is 1.57. The van der Waals surface area contributed by atoms with Crippen molar-refractivity contribution < 1.29 is 14.7 Å². The maximum atomic E-state index is 11.3. The number of amides is 1. The van der Waals surface area contributed by atoms with Gasteiger partial charge in [-0.2, -0.15) is 0 Å². The van der Waals surface area contributed by atoms with Crippen molar-refractivity contribution in [1.82, 2.24) is 10.3 Å². The van der Waals surface area contributed by atoms with Crippen molar-refractivity contribution in [3.8, 4) is 0 Å². The topological polar surface area (TPSA) is 85.4 Å². The number of rotatable bonds is 4. The molecule has 3 N–H and O–H groups in total. The molecule has 2 aromatic rings. The van der Waals surface area contributed by atoms with Gasteiger partial charge in [-0.25, -0.2) is 4.79 Å². The Morgan fingerprint density at radius 2 is 2.05 bits per heavy atom. The highest BCUT2D eigenvalue weighted by atomic mass is 16.4. The first-order chi connectivity index (χ1) is 9.40. The van der Waals surface area contributed by atoms with Gasteiger partial charge in [0.1, 0.15) is 5.69 Å². The molecule has 0 radical (unpaired) electrons. The molecular formula is C14H17N3O3. The van der Waals surface area contributed by atoms with E-state index in [2.05, 4.69) is 10.3 Å². The fraction of sp³-hybridized carbons (Fsp3) is 0.286. The van der Waals surface area contributed by atoms with Crippen LogP contribution in [0.4, 0.5) is 5.69 Å². The number of aromatic nitrogens is 1. The number of anilines is 1. The largest absolute Gasteiger partial charge is 0.477 e. The lowest BCUT2D eigenvalue weighted by molar-refractivity contribution is -0.119. The highest BCUT2D eigenvalue weighted by Gasteiger charge is 2.17. The van der Waals surface area contributed by atoms with Gasteiger partial charge < -0.3 is 20.3 Å². The van der Waals surface area contributed by atoms with Crippen molar-refractivity contribution >= 4 is 28.5 Å². The number of nitrogens with one attached hydrogen (secondary N) is 2. The van der Waals surface area contributed by atoms with E-state index < -0.39 is 5.97 Å². The maximum absolute atomic E-state index is 11.3. The highest BCUT2D eigenvalue weighted by molar-refractivity contribution is 5.98. The van der Waals surface area contributed by atoms with E-state index >= 15 is 0 Å². The summed E-state index contributed by atoms with van der Waals surface area (Å²) in [7, 11) is 3.83. The summed E-state index contributed by atoms with van der Waals surface area (Å²) in [6.45, 7) is 1.59. The molecule has 1 aromatic heterocycles. The van der Waals surface area contributed by atoms with Crippen molar-refractivity contribution in [2.45, 2.75) is 13.5 Å². The zero-order valence-electron chi connectivity index (χ0n) is 11.7. The smallest absolute Gasteiger partial charge is 0.352 e. The Hall–Kier alpha value is -2.50. The van der Waals surface area contributed by atoms with Crippen molar-refractivity contribution in [2.75, 3.05) is 19.0 Å². The second-order valence-electron chi connectivity index (χ2n) is 4.82. The molecule has 106 valence electrons. The highest BCUT2D eigenvalue weighted by Crippen LogP contribution is 2.26. The molecule has 0 spiro atoms. The first-order valence-electron chi connectivity index (χ1n) is 6.20. The standard InChI is InChI=1S/C14H17N3O3/c1-8(18)15-7-11-10-6-9(17(2)3)4-5-12(10)16-13(11)14(19)20/h4-6,16H,7H2,1-3H3,(H,15,18)(H,19,20). The van der Waals surface area contributed by atoms with Crippen molar-refractivity contribution in [3.63, 3.8) is 0 Å². The molecular weight excluding hydrogens is 258 g/mol. The van der Waals surface area contributed by atoms with E-state index in [9.17, 15) is 14.7 Å². The molecule has 0 atom stereocenters. The lowest BCUT2D eigenvalue weighted by Crippen LogP contribution is -2.20. The third-order valence-corrected chi connectivity index (χ3v) is 3.13. The summed E-state index contributed by atoms with van der Waals surface area (Å²) in [5.74, 6) is -1.23. The van der Waals surface area contributed by atoms with E-state index in [1.54, 1.807) is 0 Å². The van der Waals surface area contributed by atoms with E-state index in [0.29, 0.717) is 5.56 Å². The third kappa shape index (κ3) is 2.59. The van der Waals surface area contributed by atoms with Gasteiger partial charge in [-0.3, -0.25) is 4.79 Å². The number of aromatic carboxylic acids is 1. The van der Waals surface area contributed by atoms with Crippen LogP contribution in [-0.2, 0) is 11.3 Å². The van der Waals surface area contributed by atoms with Gasteiger partial charge in [0.2, 0.25) is 5.91 Å². The first-order valence-corrected chi connectivity index (χ1v) is 6.20. The Balaban J connectivity index is 2.58. The predicted molar refractivity (Wildman–Crippen MR) is 77.1 cm³/mol. The molecule has 1 aromatic carbocycles. The average molecular weight is 275 g/mol. The Labute approximate surface area is 116 Å². The van der Waals surface area contributed by atoms with Gasteiger partial charge >= 0.3 is 5.97 Å². The van der Waals surface area contributed by atoms with Crippen molar-refractivity contribution in [1.29, 1.82) is 0 Å². The number of benzene rings is 1. The van der Waals surface area contributed by atoms with Crippen molar-refractivity contribution in [3.05, 3.63) is 29.5 Å². The number of carboxylic acid groups (broad SMARTS) is 1. The molecule has 1 heterocycles. The average Bonchev–Trinajstić information content (AvgIpc) is 2.73. The van der Waals surface area contributed by atoms with E-state index in [1.807, 2.05) is 37.2 Å². The molecule has 0 aliphatic carbocycles. The lowest BCUT2D eigenvalue weighted by Gasteiger charge is -2.12. The van der Waals surface area contributed by atoms with Crippen LogP contribution in [-0.4, -0.2) is 36.1 Å². The van der Waals surface area contributed by atoms with Gasteiger partial charge in [0.05, 0.1) is 0 Å². The van der Waals surface area contributed by atoms with Gasteiger partial charge in [-0.05, 0) is 18.2 Å². The van der Waals surface area contributed by atoms with E-state index in [-0.39, 0.29) is 18.1 Å². The van der Waals surface area contributed by atoms with E-state index in [4.69, 9.17) is 0 Å². The summed E-state index contributed by atoms with van der Waals surface area (Å²) in [6, 6.07) is 5.66. The minimum Gasteiger partial charge on any atom is -0.477 e. The van der Waals surface area contributed by atoms with Crippen LogP contribution in [0, 0.1) is 0 Å². The molecule has 0 aliphatic rings. The molecule has 2 rings (SSSR count). The normalized spacial score (nSPS) is 10.6. The molecule has 0 saturated heterocycles. The van der Waals surface area contributed by atoms with Crippen LogP contribution in [0.5, 0.6) is 0 Å². The van der Waals surface area contributed by atoms with E-state index in [0.717, 1.165) is 16.6 Å². The fourth-order valence-electron chi connectivity index (χ4n) is 2.09. The minimum absolute atomic E-state index is 0.115. The SMILES string of the molecule is CC(=O)NCc1c(C(=O)O)[nH]c2ccc(N(C)C)cc12. The van der Waals surface area contributed by atoms with Crippen molar-refractivity contribution in [2.24, 2.45) is 0 Å². The number of hydrogen-bond donors (Lipinski definition) is 3. The summed E-state index contributed by atoms with van der Waals surface area (Å²) in [6.07, 6.45) is 0. The third-order valence-electron chi connectivity index (χ3n) is 3.13. The second kappa shape index (κ2) is 5.24. The molecule has 20 heavy (non-hydrogen) atoms. The Morgan fingerprint density at radius 3 is 2.60 bits per heavy atom. The minimum atomic E-state index is -1.03. The Morgan fingerprint density at radius 1 is 1.35 bits per heavy atom. The molecule has 6 heteroatoms. The summed E-state index contributed by atoms with van der Waals surface area (Å²) < 4.78 is 0. The number of hydrogen-bond acceptors (Lipinski definition) is 3. The number of fused-ring (bicyclic) bond motifs is 1. The van der Waals surface area contributed by atoms with Gasteiger partial charge in [-0.1, -0.05) is 0 Å². The number of aromatic amines is 1. The first kappa shape index (κ1) is 13.9. The Bertz CT molecular complexity index is 674. The van der Waals surface area contributed by atoms with Crippen LogP contribution in [0.3, 0.4) is 0 Å². The number of H-pyrrole nitrogens is 1. The quantitative estimate of drug-likeness (QED) is 0.790. The number of nitrogens with zero attached hydrogens (tertiary/aromatic N) is 1. The molecule has 6 nitrogen and oxygen atoms in total. The monoisotopic (exact) mass is 275 g/mol. The fourth-order valence-corrected chi connectivity index (χ4v) is 2.09. The van der Waals surface area contributed by atoms with Crippen LogP contribution >= 0.6 is 0 Å². The zero-order valence-corrected chi connectivity index (χ0v) is 11.7. The maximum Gasteiger partial charge on any atom is 0.352 e. The van der Waals surface area contributed by atoms with Gasteiger partial charge in [0.25, 0.3) is 0 Å². The summed E-state index contributed by atoms with van der Waals surface area (Å²) in [4.78, 5) is 27.2. The van der Waals surface area contributed by atoms with Crippen LogP contribution in [0.25, 0.3) is 10.9 Å². The second-order valence-corrected chi connectivity index (χ2v) is 4.82. The summed E-state index contributed by atoms with van der Waals surface area (Å²) in [5, 5.41) is 12.7. The van der Waals surface area contributed by atoms with Crippen LogP contribution in [0.15, 0.2) is 18.2 Å². The van der Waals surface area contributed by atoms with Crippen LogP contribution in [0.1, 0.15) is 23.0 Å². The summed E-state index contributed by atoms with van der Waals surface area (Å²) >= 11 is 0. The van der Waals surface area contributed by atoms with Gasteiger partial charge in [0, 0.05) is 49.7 Å². The zero-order chi connectivity index (χ0) is 14.9. The molecule has 0 aliphatic heterocycles. The van der Waals surface area contributed by atoms with Crippen LogP contribution in [0.2, 0.25) is 0 Å². The molecule has 0 saturated carbocycles. The van der Waals surface area contributed by atoms with Crippen LogP contribution < -0.4 is 10.2 Å². The Kier molecular flexibility index (Phi) is 3.65. The molecule has 1 amide bonds. The number of carbonyl (C=O) groups is 2. The molecule has 0 unspecified atom stereocenters. The lowest BCUT2D eigenvalue weighted by atomic mass is 10.1. The molecule has 0 fully saturated rings. The summed E-state index contributed by atoms with van der Waals surface area (Å²) in [5.41, 5.74) is 2.42. The number of carboxylic acids is 1. The number of carbonyl (C=O) groups excluding carboxylic acids is 1. The van der Waals surface area contributed by atoms with Gasteiger partial charge in [0.15, 0.2) is 0 Å². The van der Waals surface area contributed by atoms with Gasteiger partial charge in [-0.15, -0.1) is 0 Å². The van der Waals surface area contributed by atoms with E-state index in [1.165, 1.54) is 6.92 Å². The molecule has 0 bridgehead atoms.